The normalized spacial score (nSPS) is 10.6. The summed E-state index contributed by atoms with van der Waals surface area (Å²) in [5, 5.41) is 0. The molecule has 105 valence electrons. The van der Waals surface area contributed by atoms with Crippen LogP contribution in [0.4, 0.5) is 0 Å². The first kappa shape index (κ1) is 15.1. The third kappa shape index (κ3) is 3.24. The number of rotatable bonds is 5. The molecule has 0 aliphatic heterocycles. The van der Waals surface area contributed by atoms with Gasteiger partial charge in [0, 0.05) is 10.5 Å². The van der Waals surface area contributed by atoms with Gasteiger partial charge in [0.05, 0.1) is 7.11 Å². The third-order valence-corrected chi connectivity index (χ3v) is 4.17. The number of halogens is 1. The Morgan fingerprint density at radius 3 is 2.60 bits per heavy atom. The summed E-state index contributed by atoms with van der Waals surface area (Å²) in [6.45, 7) is 4.38. The number of aryl methyl sites for hydroxylation is 2. The molecule has 2 aromatic rings. The van der Waals surface area contributed by atoms with E-state index in [4.69, 9.17) is 4.74 Å². The molecule has 0 spiro atoms. The first-order chi connectivity index (χ1) is 9.69. The zero-order valence-electron chi connectivity index (χ0n) is 12.3. The van der Waals surface area contributed by atoms with Gasteiger partial charge in [0.2, 0.25) is 0 Å². The minimum atomic E-state index is 0.786. The average Bonchev–Trinajstić information content (AvgIpc) is 2.48. The maximum Gasteiger partial charge on any atom is 0.127 e. The molecule has 0 atom stereocenters. The maximum atomic E-state index is 5.34. The standard InChI is InChI=1S/C18H20BrO/c1-4-6-14-8-9-15(20-3)12-16(14)17-11-13(5-2)7-10-18(17)19/h7-8,10-12H,4-6H2,1-3H3. The second-order valence-corrected chi connectivity index (χ2v) is 5.71. The van der Waals surface area contributed by atoms with Gasteiger partial charge in [0.15, 0.2) is 0 Å². The summed E-state index contributed by atoms with van der Waals surface area (Å²) in [4.78, 5) is 0. The molecule has 0 heterocycles. The van der Waals surface area contributed by atoms with Crippen LogP contribution in [0.5, 0.6) is 5.75 Å². The van der Waals surface area contributed by atoms with Crippen LogP contribution in [0.25, 0.3) is 11.1 Å². The van der Waals surface area contributed by atoms with Crippen molar-refractivity contribution in [2.75, 3.05) is 7.11 Å². The molecule has 1 nitrogen and oxygen atoms in total. The molecule has 0 amide bonds. The van der Waals surface area contributed by atoms with Crippen molar-refractivity contribution in [1.29, 1.82) is 0 Å². The van der Waals surface area contributed by atoms with Gasteiger partial charge in [-0.15, -0.1) is 0 Å². The fourth-order valence-corrected chi connectivity index (χ4v) is 2.81. The summed E-state index contributed by atoms with van der Waals surface area (Å²) in [6.07, 6.45) is 3.22. The molecule has 0 aliphatic rings. The molecule has 0 N–H and O–H groups in total. The smallest absolute Gasteiger partial charge is 0.127 e. The zero-order valence-corrected chi connectivity index (χ0v) is 13.9. The van der Waals surface area contributed by atoms with Gasteiger partial charge in [-0.05, 0) is 53.3 Å². The molecule has 0 aliphatic carbocycles. The van der Waals surface area contributed by atoms with E-state index in [9.17, 15) is 0 Å². The summed E-state index contributed by atoms with van der Waals surface area (Å²) < 4.78 is 6.46. The molecule has 2 aromatic carbocycles. The Morgan fingerprint density at radius 2 is 1.95 bits per heavy atom. The number of methoxy groups -OCH3 is 1. The van der Waals surface area contributed by atoms with E-state index in [1.54, 1.807) is 7.11 Å². The van der Waals surface area contributed by atoms with E-state index in [0.717, 1.165) is 29.5 Å². The van der Waals surface area contributed by atoms with Crippen molar-refractivity contribution in [2.24, 2.45) is 0 Å². The summed E-state index contributed by atoms with van der Waals surface area (Å²) in [6, 6.07) is 13.9. The Bertz CT molecular complexity index is 590. The molecule has 0 unspecified atom stereocenters. The van der Waals surface area contributed by atoms with Crippen molar-refractivity contribution < 1.29 is 4.74 Å². The minimum absolute atomic E-state index is 0.786. The predicted molar refractivity (Wildman–Crippen MR) is 88.3 cm³/mol. The Labute approximate surface area is 130 Å². The van der Waals surface area contributed by atoms with Crippen molar-refractivity contribution in [3.05, 3.63) is 52.0 Å². The van der Waals surface area contributed by atoms with Gasteiger partial charge in [0.1, 0.15) is 5.75 Å². The van der Waals surface area contributed by atoms with Crippen LogP contribution in [0.1, 0.15) is 31.4 Å². The fourth-order valence-electron chi connectivity index (χ4n) is 2.34. The Morgan fingerprint density at radius 1 is 1.15 bits per heavy atom. The molecule has 0 saturated heterocycles. The Balaban J connectivity index is 2.59. The lowest BCUT2D eigenvalue weighted by Crippen LogP contribution is -1.94. The molecule has 2 heteroatoms. The summed E-state index contributed by atoms with van der Waals surface area (Å²) in [7, 11) is 1.69. The van der Waals surface area contributed by atoms with Gasteiger partial charge in [-0.25, -0.2) is 0 Å². The van der Waals surface area contributed by atoms with E-state index in [2.05, 4.69) is 66.2 Å². The molecule has 0 saturated carbocycles. The van der Waals surface area contributed by atoms with Crippen LogP contribution in [0.3, 0.4) is 0 Å². The highest BCUT2D eigenvalue weighted by molar-refractivity contribution is 9.10. The minimum Gasteiger partial charge on any atom is -0.496 e. The van der Waals surface area contributed by atoms with Gasteiger partial charge in [0.25, 0.3) is 0 Å². The quantitative estimate of drug-likeness (QED) is 0.708. The molecule has 1 radical (unpaired) electrons. The van der Waals surface area contributed by atoms with Crippen LogP contribution in [0, 0.1) is 6.07 Å². The van der Waals surface area contributed by atoms with Crippen molar-refractivity contribution in [3.63, 3.8) is 0 Å². The monoisotopic (exact) mass is 331 g/mol. The second kappa shape index (κ2) is 6.94. The summed E-state index contributed by atoms with van der Waals surface area (Å²) >= 11 is 3.68. The van der Waals surface area contributed by atoms with Crippen molar-refractivity contribution in [2.45, 2.75) is 33.1 Å². The van der Waals surface area contributed by atoms with E-state index < -0.39 is 0 Å². The number of benzene rings is 2. The predicted octanol–water partition coefficient (Wildman–Crippen LogP) is 5.44. The molecule has 20 heavy (non-hydrogen) atoms. The van der Waals surface area contributed by atoms with E-state index in [1.807, 2.05) is 0 Å². The lowest BCUT2D eigenvalue weighted by molar-refractivity contribution is 0.414. The van der Waals surface area contributed by atoms with Crippen molar-refractivity contribution in [3.8, 4) is 16.9 Å². The highest BCUT2D eigenvalue weighted by atomic mass is 79.9. The maximum absolute atomic E-state index is 5.34. The first-order valence-electron chi connectivity index (χ1n) is 7.07. The van der Waals surface area contributed by atoms with E-state index in [0.29, 0.717) is 0 Å². The van der Waals surface area contributed by atoms with Gasteiger partial charge in [-0.2, -0.15) is 0 Å². The van der Waals surface area contributed by atoms with Gasteiger partial charge >= 0.3 is 0 Å². The fraction of sp³-hybridized carbons (Fsp3) is 0.333. The molecule has 0 fully saturated rings. The molecule has 2 rings (SSSR count). The molecular formula is C18H20BrO. The largest absolute Gasteiger partial charge is 0.496 e. The number of hydrogen-bond acceptors (Lipinski definition) is 1. The lowest BCUT2D eigenvalue weighted by atomic mass is 9.95. The SMILES string of the molecule is CCCc1c[c]c(OC)cc1-c1cc(CC)ccc1Br. The van der Waals surface area contributed by atoms with Gasteiger partial charge in [-0.3, -0.25) is 0 Å². The van der Waals surface area contributed by atoms with Crippen LogP contribution in [-0.4, -0.2) is 7.11 Å². The van der Waals surface area contributed by atoms with E-state index in [1.165, 1.54) is 22.3 Å². The van der Waals surface area contributed by atoms with Gasteiger partial charge < -0.3 is 4.74 Å². The highest BCUT2D eigenvalue weighted by Gasteiger charge is 2.10. The summed E-state index contributed by atoms with van der Waals surface area (Å²) in [5.41, 5.74) is 5.14. The van der Waals surface area contributed by atoms with E-state index >= 15 is 0 Å². The Hall–Kier alpha value is -1.28. The topological polar surface area (TPSA) is 9.23 Å². The summed E-state index contributed by atoms with van der Waals surface area (Å²) in [5.74, 6) is 0.786. The van der Waals surface area contributed by atoms with Crippen LogP contribution in [0.15, 0.2) is 34.8 Å². The lowest BCUT2D eigenvalue weighted by Gasteiger charge is -2.13. The second-order valence-electron chi connectivity index (χ2n) is 4.86. The molecular weight excluding hydrogens is 312 g/mol. The third-order valence-electron chi connectivity index (χ3n) is 3.48. The van der Waals surface area contributed by atoms with Crippen molar-refractivity contribution in [1.82, 2.24) is 0 Å². The number of hydrogen-bond donors (Lipinski definition) is 0. The van der Waals surface area contributed by atoms with Crippen LogP contribution < -0.4 is 4.74 Å². The zero-order chi connectivity index (χ0) is 14.5. The highest BCUT2D eigenvalue weighted by Crippen LogP contribution is 2.34. The van der Waals surface area contributed by atoms with Crippen LogP contribution in [0.2, 0.25) is 0 Å². The Kier molecular flexibility index (Phi) is 5.24. The first-order valence-corrected chi connectivity index (χ1v) is 7.86. The van der Waals surface area contributed by atoms with E-state index in [-0.39, 0.29) is 0 Å². The van der Waals surface area contributed by atoms with Crippen LogP contribution >= 0.6 is 15.9 Å². The van der Waals surface area contributed by atoms with Crippen LogP contribution in [-0.2, 0) is 12.8 Å². The number of ether oxygens (including phenoxy) is 1. The average molecular weight is 332 g/mol. The molecule has 0 aromatic heterocycles. The van der Waals surface area contributed by atoms with Gasteiger partial charge in [-0.1, -0.05) is 48.3 Å². The van der Waals surface area contributed by atoms with Crippen molar-refractivity contribution >= 4 is 15.9 Å². The molecule has 0 bridgehead atoms.